The highest BCUT2D eigenvalue weighted by atomic mass is 32.2. The van der Waals surface area contributed by atoms with Crippen LogP contribution in [0.3, 0.4) is 0 Å². The van der Waals surface area contributed by atoms with Crippen LogP contribution >= 0.6 is 0 Å². The van der Waals surface area contributed by atoms with Gasteiger partial charge in [-0.05, 0) is 86.1 Å². The molecule has 4 aromatic carbocycles. The zero-order valence-electron chi connectivity index (χ0n) is 29.6. The Balaban J connectivity index is 0.000000218. The van der Waals surface area contributed by atoms with E-state index >= 15 is 0 Å². The van der Waals surface area contributed by atoms with Crippen molar-refractivity contribution in [2.75, 3.05) is 0 Å². The molecule has 2 fully saturated rings. The van der Waals surface area contributed by atoms with E-state index in [1.807, 2.05) is 60.7 Å². The van der Waals surface area contributed by atoms with Crippen molar-refractivity contribution in [2.45, 2.75) is 69.5 Å². The second-order valence-corrected chi connectivity index (χ2v) is 14.5. The third-order valence-electron chi connectivity index (χ3n) is 9.38. The number of nitro benzene ring substituents is 2. The lowest BCUT2D eigenvalue weighted by Gasteiger charge is -2.36. The van der Waals surface area contributed by atoms with Crippen molar-refractivity contribution >= 4 is 27.3 Å². The van der Waals surface area contributed by atoms with Gasteiger partial charge in [-0.1, -0.05) is 60.7 Å². The molecule has 6 rings (SSSR count). The Kier molecular flexibility index (Phi) is 12.8. The minimum atomic E-state index is -5.84. The molecular weight excluding hydrogens is 745 g/mol. The molecule has 0 aliphatic carbocycles. The van der Waals surface area contributed by atoms with Crippen molar-refractivity contribution in [3.63, 3.8) is 0 Å². The molecule has 4 aromatic rings. The van der Waals surface area contributed by atoms with Crippen LogP contribution in [0.2, 0.25) is 0 Å². The Labute approximate surface area is 315 Å². The summed E-state index contributed by atoms with van der Waals surface area (Å²) in [4.78, 5) is 32.7. The van der Waals surface area contributed by atoms with Gasteiger partial charge in [0.25, 0.3) is 11.4 Å². The molecule has 0 aromatic heterocycles. The summed E-state index contributed by atoms with van der Waals surface area (Å²) in [6.45, 7) is 2.71. The molecule has 0 bridgehead atoms. The SMILES string of the molecule is C/C(OS(=O)(=O)C(F)(F)F)=C1/CC[C@@H](c2ccccc2)O[C@H]1c1ccc([N+](=O)[O-])cc1.CC(=O)[C@H]1CC[C@@H](c2ccccc2)O[C@H]1c1ccc([N+](=O)[O-])cc1. The number of alkyl halides is 3. The summed E-state index contributed by atoms with van der Waals surface area (Å²) in [5, 5.41) is 21.7. The van der Waals surface area contributed by atoms with E-state index < -0.39 is 43.4 Å². The molecule has 2 aliphatic heterocycles. The molecule has 290 valence electrons. The molecule has 5 atom stereocenters. The molecule has 0 saturated carbocycles. The highest BCUT2D eigenvalue weighted by Gasteiger charge is 2.49. The van der Waals surface area contributed by atoms with Crippen molar-refractivity contribution in [3.8, 4) is 0 Å². The number of nitrogens with zero attached hydrogens (tertiary/aromatic N) is 2. The summed E-state index contributed by atoms with van der Waals surface area (Å²) in [6, 6.07) is 30.7. The van der Waals surface area contributed by atoms with E-state index in [1.54, 1.807) is 19.1 Å². The number of hydrogen-bond donors (Lipinski definition) is 0. The van der Waals surface area contributed by atoms with Crippen LogP contribution in [0.15, 0.2) is 121 Å². The van der Waals surface area contributed by atoms with Gasteiger partial charge < -0.3 is 13.7 Å². The molecule has 12 nitrogen and oxygen atoms in total. The second-order valence-electron chi connectivity index (χ2n) is 13.0. The smallest absolute Gasteiger partial charge is 0.381 e. The van der Waals surface area contributed by atoms with Gasteiger partial charge in [0.15, 0.2) is 0 Å². The molecule has 2 saturated heterocycles. The monoisotopic (exact) mass is 782 g/mol. The number of nitro groups is 2. The normalized spacial score (nSPS) is 22.4. The molecule has 2 aliphatic rings. The molecule has 0 unspecified atom stereocenters. The van der Waals surface area contributed by atoms with Gasteiger partial charge in [0.05, 0.1) is 28.2 Å². The molecule has 0 radical (unpaired) electrons. The third kappa shape index (κ3) is 10.0. The van der Waals surface area contributed by atoms with Gasteiger partial charge in [0.1, 0.15) is 17.6 Å². The van der Waals surface area contributed by atoms with E-state index in [1.165, 1.54) is 36.4 Å². The van der Waals surface area contributed by atoms with Gasteiger partial charge in [0, 0.05) is 35.8 Å². The minimum Gasteiger partial charge on any atom is -0.381 e. The van der Waals surface area contributed by atoms with Gasteiger partial charge in [-0.25, -0.2) is 0 Å². The van der Waals surface area contributed by atoms with E-state index in [9.17, 15) is 46.6 Å². The number of rotatable bonds is 9. The first-order valence-corrected chi connectivity index (χ1v) is 18.6. The maximum atomic E-state index is 12.8. The summed E-state index contributed by atoms with van der Waals surface area (Å²) < 4.78 is 77.9. The Morgan fingerprint density at radius 2 is 1.16 bits per heavy atom. The molecular formula is C39H37F3N2O10S. The number of carbonyl (C=O) groups excluding carboxylic acids is 1. The Morgan fingerprint density at radius 3 is 1.62 bits per heavy atom. The second kappa shape index (κ2) is 17.3. The molecule has 55 heavy (non-hydrogen) atoms. The van der Waals surface area contributed by atoms with Crippen LogP contribution < -0.4 is 0 Å². The van der Waals surface area contributed by atoms with Crippen molar-refractivity contribution in [1.82, 2.24) is 0 Å². The van der Waals surface area contributed by atoms with Crippen LogP contribution in [0.1, 0.15) is 86.2 Å². The number of non-ortho nitro benzene ring substituents is 2. The van der Waals surface area contributed by atoms with Gasteiger partial charge in [-0.2, -0.15) is 21.6 Å². The van der Waals surface area contributed by atoms with Crippen molar-refractivity contribution in [1.29, 1.82) is 0 Å². The van der Waals surface area contributed by atoms with Crippen LogP contribution in [0, 0.1) is 26.1 Å². The van der Waals surface area contributed by atoms with E-state index in [0.29, 0.717) is 12.0 Å². The maximum Gasteiger partial charge on any atom is 0.534 e. The number of allylic oxidation sites excluding steroid dienone is 1. The molecule has 2 heterocycles. The topological polar surface area (TPSA) is 165 Å². The summed E-state index contributed by atoms with van der Waals surface area (Å²) in [5.41, 5.74) is -2.32. The van der Waals surface area contributed by atoms with E-state index in [0.717, 1.165) is 36.5 Å². The summed E-state index contributed by atoms with van der Waals surface area (Å²) in [7, 11) is -5.84. The van der Waals surface area contributed by atoms with Gasteiger partial charge in [-0.15, -0.1) is 0 Å². The number of ether oxygens (including phenoxy) is 2. The number of Topliss-reactive ketones (excluding diaryl/α,β-unsaturated/α-hetero) is 1. The summed E-state index contributed by atoms with van der Waals surface area (Å²) >= 11 is 0. The van der Waals surface area contributed by atoms with Crippen LogP contribution in [0.25, 0.3) is 0 Å². The summed E-state index contributed by atoms with van der Waals surface area (Å²) in [5.74, 6) is -0.566. The van der Waals surface area contributed by atoms with Gasteiger partial charge in [0.2, 0.25) is 0 Å². The fraction of sp³-hybridized carbons (Fsp3) is 0.308. The first-order valence-electron chi connectivity index (χ1n) is 17.2. The predicted molar refractivity (Wildman–Crippen MR) is 194 cm³/mol. The highest BCUT2D eigenvalue weighted by molar-refractivity contribution is 7.87. The molecule has 0 amide bonds. The minimum absolute atomic E-state index is 0.0357. The Hall–Kier alpha value is -5.45. The van der Waals surface area contributed by atoms with Crippen molar-refractivity contribution in [3.05, 3.63) is 163 Å². The summed E-state index contributed by atoms with van der Waals surface area (Å²) in [6.07, 6.45) is 0.342. The first kappa shape index (κ1) is 40.7. The standard InChI is InChI=1S/C20H18F3NO6S.C19H19NO4/c1-13(30-31(27,28)20(21,22)23)17-11-12-18(14-5-3-2-4-6-14)29-19(17)15-7-9-16(10-8-15)24(25)26;1-13(21)17-11-12-18(14-5-3-2-4-6-14)24-19(17)15-7-9-16(10-8-15)20(22)23/h2-10,18-19H,11-12H2,1H3;2-10,17-19H,11-12H2,1H3/b17-13+;/t18-,19-;17-,18+,19+/m01/s1. The number of carbonyl (C=O) groups is 1. The average Bonchev–Trinajstić information content (AvgIpc) is 3.17. The lowest BCUT2D eigenvalue weighted by Crippen LogP contribution is -2.29. The van der Waals surface area contributed by atoms with Crippen LogP contribution in [-0.4, -0.2) is 29.6 Å². The average molecular weight is 783 g/mol. The predicted octanol–water partition coefficient (Wildman–Crippen LogP) is 9.72. The van der Waals surface area contributed by atoms with Crippen LogP contribution in [0.4, 0.5) is 24.5 Å². The van der Waals surface area contributed by atoms with E-state index in [4.69, 9.17) is 9.47 Å². The van der Waals surface area contributed by atoms with Gasteiger partial charge in [-0.3, -0.25) is 25.0 Å². The highest BCUT2D eigenvalue weighted by Crippen LogP contribution is 2.45. The van der Waals surface area contributed by atoms with E-state index in [-0.39, 0.29) is 47.3 Å². The largest absolute Gasteiger partial charge is 0.534 e. The van der Waals surface area contributed by atoms with Crippen molar-refractivity contribution in [2.24, 2.45) is 5.92 Å². The fourth-order valence-corrected chi connectivity index (χ4v) is 7.10. The first-order chi connectivity index (χ1) is 26.1. The zero-order chi connectivity index (χ0) is 39.9. The molecule has 0 N–H and O–H groups in total. The van der Waals surface area contributed by atoms with Crippen molar-refractivity contribution < 1.29 is 49.9 Å². The van der Waals surface area contributed by atoms with Crippen LogP contribution in [-0.2, 0) is 28.6 Å². The Bertz CT molecular complexity index is 2110. The fourth-order valence-electron chi connectivity index (χ4n) is 6.57. The number of hydrogen-bond acceptors (Lipinski definition) is 10. The van der Waals surface area contributed by atoms with Gasteiger partial charge >= 0.3 is 15.6 Å². The lowest BCUT2D eigenvalue weighted by atomic mass is 9.84. The number of ketones is 1. The molecule has 0 spiro atoms. The van der Waals surface area contributed by atoms with E-state index in [2.05, 4.69) is 4.18 Å². The maximum absolute atomic E-state index is 12.8. The quantitative estimate of drug-likeness (QED) is 0.0525. The zero-order valence-corrected chi connectivity index (χ0v) is 30.4. The third-order valence-corrected chi connectivity index (χ3v) is 10.4. The lowest BCUT2D eigenvalue weighted by molar-refractivity contribution is -0.385. The number of halogens is 3. The Morgan fingerprint density at radius 1 is 0.691 bits per heavy atom. The van der Waals surface area contributed by atoms with Crippen LogP contribution in [0.5, 0.6) is 0 Å². The molecule has 16 heteroatoms. The number of benzene rings is 4.